The van der Waals surface area contributed by atoms with Gasteiger partial charge in [0.2, 0.25) is 10.0 Å². The van der Waals surface area contributed by atoms with Gasteiger partial charge in [-0.1, -0.05) is 25.8 Å². The molecule has 0 radical (unpaired) electrons. The van der Waals surface area contributed by atoms with E-state index < -0.39 is 10.0 Å². The highest BCUT2D eigenvalue weighted by molar-refractivity contribution is 7.89. The molecule has 1 fully saturated rings. The minimum atomic E-state index is -3.61. The van der Waals surface area contributed by atoms with E-state index in [1.165, 1.54) is 13.2 Å². The van der Waals surface area contributed by atoms with E-state index in [0.717, 1.165) is 25.7 Å². The third kappa shape index (κ3) is 3.22. The number of ether oxygens (including phenoxy) is 1. The summed E-state index contributed by atoms with van der Waals surface area (Å²) in [7, 11) is -2.16. The van der Waals surface area contributed by atoms with Crippen molar-refractivity contribution in [1.82, 2.24) is 4.31 Å². The predicted molar refractivity (Wildman–Crippen MR) is 80.7 cm³/mol. The Morgan fingerprint density at radius 2 is 2.00 bits per heavy atom. The first-order valence-corrected chi connectivity index (χ1v) is 8.78. The molecule has 0 aromatic heterocycles. The molecule has 0 amide bonds. The molecule has 1 aromatic rings. The Morgan fingerprint density at radius 3 is 2.52 bits per heavy atom. The van der Waals surface area contributed by atoms with Crippen LogP contribution in [0.4, 0.5) is 0 Å². The van der Waals surface area contributed by atoms with Crippen molar-refractivity contribution in [2.75, 3.05) is 13.7 Å². The zero-order valence-corrected chi connectivity index (χ0v) is 13.4. The Hall–Kier alpha value is -1.11. The molecule has 0 heterocycles. The Balaban J connectivity index is 2.45. The lowest BCUT2D eigenvalue weighted by Gasteiger charge is -2.27. The van der Waals surface area contributed by atoms with Crippen LogP contribution in [-0.2, 0) is 16.6 Å². The van der Waals surface area contributed by atoms with Crippen LogP contribution < -0.4 is 4.74 Å². The molecule has 118 valence electrons. The molecule has 1 aromatic carbocycles. The zero-order chi connectivity index (χ0) is 15.5. The van der Waals surface area contributed by atoms with Crippen LogP contribution in [0.3, 0.4) is 0 Å². The highest BCUT2D eigenvalue weighted by atomic mass is 32.2. The molecule has 0 aliphatic heterocycles. The summed E-state index contributed by atoms with van der Waals surface area (Å²) < 4.78 is 32.7. The van der Waals surface area contributed by atoms with Crippen LogP contribution >= 0.6 is 0 Å². The standard InChI is InChI=1S/C15H23NO4S/c1-3-16(13-6-4-5-7-13)21(18,19)15-10-12(11-17)8-9-14(15)20-2/h8-10,13,17H,3-7,11H2,1-2H3. The largest absolute Gasteiger partial charge is 0.495 e. The summed E-state index contributed by atoms with van der Waals surface area (Å²) in [5.74, 6) is 0.323. The van der Waals surface area contributed by atoms with Crippen molar-refractivity contribution in [1.29, 1.82) is 0 Å². The lowest BCUT2D eigenvalue weighted by atomic mass is 10.2. The van der Waals surface area contributed by atoms with E-state index in [1.54, 1.807) is 16.4 Å². The summed E-state index contributed by atoms with van der Waals surface area (Å²) in [5, 5.41) is 9.25. The van der Waals surface area contributed by atoms with Gasteiger partial charge >= 0.3 is 0 Å². The second-order valence-corrected chi connectivity index (χ2v) is 7.15. The van der Waals surface area contributed by atoms with Crippen LogP contribution in [-0.4, -0.2) is 37.5 Å². The van der Waals surface area contributed by atoms with Gasteiger partial charge in [-0.25, -0.2) is 8.42 Å². The average molecular weight is 313 g/mol. The third-order valence-corrected chi connectivity index (χ3v) is 6.09. The number of hydrogen-bond acceptors (Lipinski definition) is 4. The molecule has 0 bridgehead atoms. The molecule has 0 atom stereocenters. The number of aliphatic hydroxyl groups excluding tert-OH is 1. The summed E-state index contributed by atoms with van der Waals surface area (Å²) in [6.45, 7) is 2.11. The van der Waals surface area contributed by atoms with Gasteiger partial charge in [-0.05, 0) is 30.5 Å². The Morgan fingerprint density at radius 1 is 1.33 bits per heavy atom. The molecule has 1 N–H and O–H groups in total. The first kappa shape index (κ1) is 16.3. The molecule has 6 heteroatoms. The van der Waals surface area contributed by atoms with Gasteiger partial charge in [-0.2, -0.15) is 4.31 Å². The minimum Gasteiger partial charge on any atom is -0.495 e. The number of benzene rings is 1. The fourth-order valence-corrected chi connectivity index (χ4v) is 4.87. The number of nitrogens with zero attached hydrogens (tertiary/aromatic N) is 1. The summed E-state index contributed by atoms with van der Waals surface area (Å²) in [6, 6.07) is 4.85. The smallest absolute Gasteiger partial charge is 0.247 e. The van der Waals surface area contributed by atoms with E-state index in [2.05, 4.69) is 0 Å². The number of hydrogen-bond donors (Lipinski definition) is 1. The summed E-state index contributed by atoms with van der Waals surface area (Å²) >= 11 is 0. The van der Waals surface area contributed by atoms with Gasteiger partial charge in [0.1, 0.15) is 10.6 Å². The predicted octanol–water partition coefficient (Wildman–Crippen LogP) is 2.14. The average Bonchev–Trinajstić information content (AvgIpc) is 3.01. The number of methoxy groups -OCH3 is 1. The summed E-state index contributed by atoms with van der Waals surface area (Å²) in [6.07, 6.45) is 3.97. The van der Waals surface area contributed by atoms with Crippen molar-refractivity contribution >= 4 is 10.0 Å². The molecule has 1 aliphatic carbocycles. The molecule has 2 rings (SSSR count). The fourth-order valence-electron chi connectivity index (χ4n) is 2.96. The van der Waals surface area contributed by atoms with Crippen LogP contribution in [0.15, 0.2) is 23.1 Å². The summed E-state index contributed by atoms with van der Waals surface area (Å²) in [4.78, 5) is 0.144. The van der Waals surface area contributed by atoms with Gasteiger partial charge in [0.15, 0.2) is 0 Å². The molecule has 1 saturated carbocycles. The molecular formula is C15H23NO4S. The van der Waals surface area contributed by atoms with Gasteiger partial charge in [-0.15, -0.1) is 0 Å². The third-order valence-electron chi connectivity index (χ3n) is 4.04. The van der Waals surface area contributed by atoms with Crippen molar-refractivity contribution in [3.8, 4) is 5.75 Å². The maximum Gasteiger partial charge on any atom is 0.247 e. The van der Waals surface area contributed by atoms with E-state index in [-0.39, 0.29) is 17.5 Å². The first-order chi connectivity index (χ1) is 10.0. The molecule has 0 unspecified atom stereocenters. The van der Waals surface area contributed by atoms with Crippen molar-refractivity contribution in [3.05, 3.63) is 23.8 Å². The lowest BCUT2D eigenvalue weighted by molar-refractivity contribution is 0.281. The van der Waals surface area contributed by atoms with Crippen LogP contribution in [0, 0.1) is 0 Å². The highest BCUT2D eigenvalue weighted by Gasteiger charge is 2.33. The fraction of sp³-hybridized carbons (Fsp3) is 0.600. The molecular weight excluding hydrogens is 290 g/mol. The minimum absolute atomic E-state index is 0.0717. The van der Waals surface area contributed by atoms with Crippen molar-refractivity contribution in [3.63, 3.8) is 0 Å². The maximum atomic E-state index is 13.0. The Kier molecular flexibility index (Phi) is 5.24. The second-order valence-electron chi connectivity index (χ2n) is 5.29. The quantitative estimate of drug-likeness (QED) is 0.874. The first-order valence-electron chi connectivity index (χ1n) is 7.34. The normalized spacial score (nSPS) is 16.6. The van der Waals surface area contributed by atoms with E-state index in [1.807, 2.05) is 6.92 Å². The van der Waals surface area contributed by atoms with Crippen LogP contribution in [0.5, 0.6) is 5.75 Å². The molecule has 0 spiro atoms. The van der Waals surface area contributed by atoms with Crippen molar-refractivity contribution in [2.24, 2.45) is 0 Å². The molecule has 1 aliphatic rings. The topological polar surface area (TPSA) is 66.8 Å². The lowest BCUT2D eigenvalue weighted by Crippen LogP contribution is -2.38. The Bertz CT molecular complexity index is 579. The SMILES string of the molecule is CCN(C1CCCC1)S(=O)(=O)c1cc(CO)ccc1OC. The number of rotatable bonds is 6. The zero-order valence-electron chi connectivity index (χ0n) is 12.6. The van der Waals surface area contributed by atoms with Gasteiger partial charge in [0.25, 0.3) is 0 Å². The van der Waals surface area contributed by atoms with E-state index >= 15 is 0 Å². The molecule has 0 saturated heterocycles. The molecule has 21 heavy (non-hydrogen) atoms. The number of sulfonamides is 1. The van der Waals surface area contributed by atoms with Crippen molar-refractivity contribution in [2.45, 2.75) is 50.2 Å². The van der Waals surface area contributed by atoms with E-state index in [4.69, 9.17) is 4.74 Å². The van der Waals surface area contributed by atoms with Gasteiger partial charge in [-0.3, -0.25) is 0 Å². The van der Waals surface area contributed by atoms with Gasteiger partial charge in [0.05, 0.1) is 13.7 Å². The van der Waals surface area contributed by atoms with Crippen LogP contribution in [0.2, 0.25) is 0 Å². The number of aliphatic hydroxyl groups is 1. The monoisotopic (exact) mass is 313 g/mol. The Labute approximate surface area is 126 Å². The van der Waals surface area contributed by atoms with Crippen LogP contribution in [0.25, 0.3) is 0 Å². The van der Waals surface area contributed by atoms with Crippen LogP contribution in [0.1, 0.15) is 38.2 Å². The highest BCUT2D eigenvalue weighted by Crippen LogP contribution is 2.32. The van der Waals surface area contributed by atoms with E-state index in [9.17, 15) is 13.5 Å². The maximum absolute atomic E-state index is 13.0. The summed E-state index contributed by atoms with van der Waals surface area (Å²) in [5.41, 5.74) is 0.567. The second kappa shape index (κ2) is 6.77. The van der Waals surface area contributed by atoms with Gasteiger partial charge in [0, 0.05) is 12.6 Å². The van der Waals surface area contributed by atoms with Crippen molar-refractivity contribution < 1.29 is 18.3 Å². The van der Waals surface area contributed by atoms with Gasteiger partial charge < -0.3 is 9.84 Å². The van der Waals surface area contributed by atoms with E-state index in [0.29, 0.717) is 17.9 Å². The molecule has 5 nitrogen and oxygen atoms in total.